The molecule has 116 valence electrons. The SMILES string of the molecule is CC[NH+](CC)CC.O=S(=O)([O-])c1cc(Cl)c(Cl)cc1Cl. The molecule has 1 N–H and O–H groups in total. The Morgan fingerprint density at radius 3 is 1.65 bits per heavy atom. The van der Waals surface area contributed by atoms with E-state index in [0.29, 0.717) is 0 Å². The number of quaternary nitrogens is 1. The molecule has 0 unspecified atom stereocenters. The third-order valence-electron chi connectivity index (χ3n) is 2.74. The summed E-state index contributed by atoms with van der Waals surface area (Å²) in [6.07, 6.45) is 0. The van der Waals surface area contributed by atoms with Gasteiger partial charge in [-0.3, -0.25) is 0 Å². The minimum absolute atomic E-state index is 0.0273. The maximum absolute atomic E-state index is 10.6. The molecule has 1 aromatic carbocycles. The lowest BCUT2D eigenvalue weighted by Gasteiger charge is -2.10. The van der Waals surface area contributed by atoms with Gasteiger partial charge in [-0.15, -0.1) is 0 Å². The van der Waals surface area contributed by atoms with Gasteiger partial charge in [0, 0.05) is 0 Å². The summed E-state index contributed by atoms with van der Waals surface area (Å²) in [6.45, 7) is 10.5. The summed E-state index contributed by atoms with van der Waals surface area (Å²) >= 11 is 16.5. The Bertz CT molecular complexity index is 525. The Kier molecular flexibility index (Phi) is 9.06. The Hall–Kier alpha value is -0.0400. The van der Waals surface area contributed by atoms with Crippen LogP contribution in [0, 0.1) is 0 Å². The van der Waals surface area contributed by atoms with Crippen molar-refractivity contribution in [3.8, 4) is 0 Å². The second-order valence-electron chi connectivity index (χ2n) is 3.96. The summed E-state index contributed by atoms with van der Waals surface area (Å²) in [5.74, 6) is 0. The van der Waals surface area contributed by atoms with Crippen molar-refractivity contribution >= 4 is 44.9 Å². The fraction of sp³-hybridized carbons (Fsp3) is 0.500. The van der Waals surface area contributed by atoms with Gasteiger partial charge in [-0.25, -0.2) is 8.42 Å². The summed E-state index contributed by atoms with van der Waals surface area (Å²) in [6, 6.07) is 2.03. The Labute approximate surface area is 135 Å². The molecule has 0 fully saturated rings. The van der Waals surface area contributed by atoms with Crippen molar-refractivity contribution in [1.29, 1.82) is 0 Å². The lowest BCUT2D eigenvalue weighted by molar-refractivity contribution is -0.894. The monoisotopic (exact) mass is 361 g/mol. The summed E-state index contributed by atoms with van der Waals surface area (Å²) in [5, 5.41) is -0.163. The first-order chi connectivity index (χ1) is 9.17. The van der Waals surface area contributed by atoms with E-state index in [2.05, 4.69) is 20.8 Å². The van der Waals surface area contributed by atoms with E-state index >= 15 is 0 Å². The van der Waals surface area contributed by atoms with Crippen LogP contribution in [-0.2, 0) is 10.1 Å². The predicted octanol–water partition coefficient (Wildman–Crippen LogP) is 2.48. The van der Waals surface area contributed by atoms with Crippen molar-refractivity contribution in [2.75, 3.05) is 19.6 Å². The van der Waals surface area contributed by atoms with Gasteiger partial charge in [-0.2, -0.15) is 0 Å². The summed E-state index contributed by atoms with van der Waals surface area (Å²) in [4.78, 5) is 1.11. The Morgan fingerprint density at radius 2 is 1.35 bits per heavy atom. The maximum atomic E-state index is 10.6. The lowest BCUT2D eigenvalue weighted by atomic mass is 10.4. The first-order valence-electron chi connectivity index (χ1n) is 6.11. The fourth-order valence-corrected chi connectivity index (χ4v) is 2.90. The van der Waals surface area contributed by atoms with E-state index in [-0.39, 0.29) is 15.1 Å². The summed E-state index contributed by atoms with van der Waals surface area (Å²) in [7, 11) is -4.60. The smallest absolute Gasteiger partial charge is 0.125 e. The largest absolute Gasteiger partial charge is 0.744 e. The molecule has 0 atom stereocenters. The minimum atomic E-state index is -4.60. The van der Waals surface area contributed by atoms with Crippen LogP contribution >= 0.6 is 34.8 Å². The second kappa shape index (κ2) is 9.07. The molecule has 0 aliphatic carbocycles. The van der Waals surface area contributed by atoms with E-state index in [1.807, 2.05) is 0 Å². The van der Waals surface area contributed by atoms with Crippen LogP contribution in [0.5, 0.6) is 0 Å². The molecule has 8 heteroatoms. The van der Waals surface area contributed by atoms with Gasteiger partial charge in [0.1, 0.15) is 10.1 Å². The highest BCUT2D eigenvalue weighted by molar-refractivity contribution is 7.85. The quantitative estimate of drug-likeness (QED) is 0.661. The number of rotatable bonds is 4. The topological polar surface area (TPSA) is 61.6 Å². The van der Waals surface area contributed by atoms with Gasteiger partial charge in [0.2, 0.25) is 0 Å². The molecule has 0 heterocycles. The van der Waals surface area contributed by atoms with Crippen LogP contribution in [-0.4, -0.2) is 32.6 Å². The Balaban J connectivity index is 0.000000441. The van der Waals surface area contributed by atoms with Crippen LogP contribution in [0.2, 0.25) is 15.1 Å². The van der Waals surface area contributed by atoms with Crippen molar-refractivity contribution in [1.82, 2.24) is 0 Å². The highest BCUT2D eigenvalue weighted by Crippen LogP contribution is 2.31. The van der Waals surface area contributed by atoms with Crippen molar-refractivity contribution in [3.63, 3.8) is 0 Å². The maximum Gasteiger partial charge on any atom is 0.125 e. The third kappa shape index (κ3) is 6.61. The van der Waals surface area contributed by atoms with E-state index in [9.17, 15) is 13.0 Å². The number of hydrogen-bond acceptors (Lipinski definition) is 3. The lowest BCUT2D eigenvalue weighted by Crippen LogP contribution is -3.11. The first-order valence-corrected chi connectivity index (χ1v) is 8.65. The second-order valence-corrected chi connectivity index (χ2v) is 6.53. The van der Waals surface area contributed by atoms with E-state index in [1.54, 1.807) is 4.90 Å². The highest BCUT2D eigenvalue weighted by atomic mass is 35.5. The molecule has 0 amide bonds. The van der Waals surface area contributed by atoms with E-state index in [0.717, 1.165) is 12.1 Å². The minimum Gasteiger partial charge on any atom is -0.744 e. The van der Waals surface area contributed by atoms with Crippen molar-refractivity contribution in [3.05, 3.63) is 27.2 Å². The van der Waals surface area contributed by atoms with Crippen LogP contribution in [0.25, 0.3) is 0 Å². The molecule has 0 bridgehead atoms. The van der Waals surface area contributed by atoms with Gasteiger partial charge in [0.25, 0.3) is 0 Å². The van der Waals surface area contributed by atoms with E-state index in [1.165, 1.54) is 19.6 Å². The zero-order valence-electron chi connectivity index (χ0n) is 11.5. The molecular weight excluding hydrogens is 345 g/mol. The molecule has 0 saturated carbocycles. The van der Waals surface area contributed by atoms with Gasteiger partial charge >= 0.3 is 0 Å². The van der Waals surface area contributed by atoms with Gasteiger partial charge in [0.05, 0.1) is 39.6 Å². The average molecular weight is 363 g/mol. The standard InChI is InChI=1S/C6H3Cl3O3S.C6H15N/c7-3-1-5(9)6(2-4(3)8)13(10,11)12;1-4-7(5-2)6-3/h1-2H,(H,10,11,12);4-6H2,1-3H3. The molecule has 0 radical (unpaired) electrons. The number of nitrogens with one attached hydrogen (secondary N) is 1. The van der Waals surface area contributed by atoms with Gasteiger partial charge in [-0.05, 0) is 32.9 Å². The first kappa shape index (κ1) is 20.0. The fourth-order valence-electron chi connectivity index (χ4n) is 1.45. The van der Waals surface area contributed by atoms with E-state index < -0.39 is 15.0 Å². The molecule has 0 spiro atoms. The van der Waals surface area contributed by atoms with Gasteiger partial charge in [0.15, 0.2) is 0 Å². The highest BCUT2D eigenvalue weighted by Gasteiger charge is 2.10. The van der Waals surface area contributed by atoms with Crippen LogP contribution in [0.3, 0.4) is 0 Å². The van der Waals surface area contributed by atoms with Crippen LogP contribution in [0.4, 0.5) is 0 Å². The van der Waals surface area contributed by atoms with Crippen molar-refractivity contribution < 1.29 is 17.9 Å². The van der Waals surface area contributed by atoms with Crippen LogP contribution in [0.15, 0.2) is 17.0 Å². The molecule has 4 nitrogen and oxygen atoms in total. The molecule has 1 rings (SSSR count). The van der Waals surface area contributed by atoms with Crippen molar-refractivity contribution in [2.24, 2.45) is 0 Å². The number of halogens is 3. The molecule has 0 saturated heterocycles. The summed E-state index contributed by atoms with van der Waals surface area (Å²) < 4.78 is 31.7. The van der Waals surface area contributed by atoms with Gasteiger partial charge in [-0.1, -0.05) is 34.8 Å². The average Bonchev–Trinajstić information content (AvgIpc) is 2.35. The predicted molar refractivity (Wildman–Crippen MR) is 82.0 cm³/mol. The van der Waals surface area contributed by atoms with Crippen LogP contribution in [0.1, 0.15) is 20.8 Å². The van der Waals surface area contributed by atoms with Gasteiger partial charge < -0.3 is 9.45 Å². The number of benzene rings is 1. The van der Waals surface area contributed by atoms with E-state index in [4.69, 9.17) is 34.8 Å². The molecule has 1 aromatic rings. The zero-order valence-corrected chi connectivity index (χ0v) is 14.6. The normalized spacial score (nSPS) is 11.2. The number of hydrogen-bond donors (Lipinski definition) is 1. The Morgan fingerprint density at radius 1 is 0.950 bits per heavy atom. The van der Waals surface area contributed by atoms with Crippen molar-refractivity contribution in [2.45, 2.75) is 25.7 Å². The summed E-state index contributed by atoms with van der Waals surface area (Å²) in [5.41, 5.74) is 0. The third-order valence-corrected chi connectivity index (χ3v) is 4.77. The molecular formula is C12H18Cl3NO3S. The molecule has 20 heavy (non-hydrogen) atoms. The van der Waals surface area contributed by atoms with Crippen LogP contribution < -0.4 is 4.90 Å². The zero-order chi connectivity index (χ0) is 15.9. The molecule has 0 aliphatic rings. The molecule has 0 aromatic heterocycles. The molecule has 0 aliphatic heterocycles.